The first kappa shape index (κ1) is 17.2. The van der Waals surface area contributed by atoms with Crippen LogP contribution in [-0.2, 0) is 18.3 Å². The van der Waals surface area contributed by atoms with Crippen LogP contribution in [0, 0.1) is 13.8 Å². The molecular weight excluding hydrogens is 332 g/mol. The minimum Gasteiger partial charge on any atom is -0.339 e. The molecule has 4 rings (SSSR count). The molecule has 0 N–H and O–H groups in total. The first-order chi connectivity index (χ1) is 12.4. The van der Waals surface area contributed by atoms with E-state index in [-0.39, 0.29) is 11.9 Å². The van der Waals surface area contributed by atoms with Crippen molar-refractivity contribution in [2.24, 2.45) is 7.05 Å². The normalized spacial score (nSPS) is 21.4. The summed E-state index contributed by atoms with van der Waals surface area (Å²) in [7, 11) is 3.96. The zero-order valence-corrected chi connectivity index (χ0v) is 15.9. The largest absolute Gasteiger partial charge is 0.339 e. The Bertz CT molecular complexity index is 822. The number of rotatable bonds is 4. The van der Waals surface area contributed by atoms with Crippen LogP contribution < -0.4 is 0 Å². The van der Waals surface area contributed by atoms with Gasteiger partial charge < -0.3 is 9.42 Å². The Kier molecular flexibility index (Phi) is 4.30. The van der Waals surface area contributed by atoms with Crippen molar-refractivity contribution in [1.29, 1.82) is 0 Å². The average Bonchev–Trinajstić information content (AvgIpc) is 3.30. The highest BCUT2D eigenvalue weighted by molar-refractivity contribution is 5.79. The van der Waals surface area contributed by atoms with E-state index < -0.39 is 0 Å². The molecule has 2 aliphatic rings. The van der Waals surface area contributed by atoms with Crippen LogP contribution in [0.25, 0.3) is 0 Å². The highest BCUT2D eigenvalue weighted by atomic mass is 16.5. The van der Waals surface area contributed by atoms with Gasteiger partial charge in [-0.1, -0.05) is 5.16 Å². The van der Waals surface area contributed by atoms with Gasteiger partial charge in [0.15, 0.2) is 5.82 Å². The highest BCUT2D eigenvalue weighted by Crippen LogP contribution is 2.38. The average molecular weight is 358 g/mol. The van der Waals surface area contributed by atoms with Crippen molar-refractivity contribution in [3.05, 3.63) is 28.7 Å². The molecule has 140 valence electrons. The number of nitrogens with zero attached hydrogens (tertiary/aromatic N) is 6. The van der Waals surface area contributed by atoms with Crippen LogP contribution in [0.4, 0.5) is 0 Å². The molecule has 1 atom stereocenters. The van der Waals surface area contributed by atoms with Crippen LogP contribution in [-0.4, -0.2) is 62.3 Å². The van der Waals surface area contributed by atoms with E-state index in [1.807, 2.05) is 37.5 Å². The Hall–Kier alpha value is -2.22. The molecule has 0 aromatic carbocycles. The van der Waals surface area contributed by atoms with Crippen LogP contribution in [0.15, 0.2) is 4.52 Å². The molecule has 2 aromatic heterocycles. The molecule has 1 amide bonds. The lowest BCUT2D eigenvalue weighted by molar-refractivity contribution is -0.133. The van der Waals surface area contributed by atoms with Crippen LogP contribution in [0.3, 0.4) is 0 Å². The number of hydrogen-bond acceptors (Lipinski definition) is 6. The van der Waals surface area contributed by atoms with E-state index in [9.17, 15) is 4.79 Å². The Balaban J connectivity index is 1.47. The molecule has 8 nitrogen and oxygen atoms in total. The molecule has 8 heteroatoms. The fourth-order valence-corrected chi connectivity index (χ4v) is 3.59. The topological polar surface area (TPSA) is 80.3 Å². The quantitative estimate of drug-likeness (QED) is 0.821. The summed E-state index contributed by atoms with van der Waals surface area (Å²) in [4.78, 5) is 21.6. The summed E-state index contributed by atoms with van der Waals surface area (Å²) in [6.07, 6.45) is 2.68. The number of carbonyl (C=O) groups excluding carboxylic acids is 1. The number of aromatic nitrogens is 4. The summed E-state index contributed by atoms with van der Waals surface area (Å²) < 4.78 is 7.35. The van der Waals surface area contributed by atoms with Crippen molar-refractivity contribution in [3.63, 3.8) is 0 Å². The van der Waals surface area contributed by atoms with E-state index in [0.29, 0.717) is 31.3 Å². The van der Waals surface area contributed by atoms with Gasteiger partial charge in [-0.15, -0.1) is 0 Å². The molecule has 2 fully saturated rings. The van der Waals surface area contributed by atoms with Crippen molar-refractivity contribution in [3.8, 4) is 0 Å². The van der Waals surface area contributed by atoms with Gasteiger partial charge in [-0.05, 0) is 33.7 Å². The SMILES string of the molecule is Cc1nn(C)c(C)c1CC(=O)N1CCN(C)C(c2nc(C3CC3)no2)C1. The number of likely N-dealkylation sites (N-methyl/N-ethyl adjacent to an activating group) is 1. The van der Waals surface area contributed by atoms with Gasteiger partial charge in [0.25, 0.3) is 0 Å². The second-order valence-corrected chi connectivity index (χ2v) is 7.55. The second kappa shape index (κ2) is 6.50. The number of hydrogen-bond donors (Lipinski definition) is 0. The van der Waals surface area contributed by atoms with Gasteiger partial charge in [0.1, 0.15) is 6.04 Å². The Labute approximate surface area is 153 Å². The monoisotopic (exact) mass is 358 g/mol. The maximum absolute atomic E-state index is 12.9. The van der Waals surface area contributed by atoms with Crippen LogP contribution >= 0.6 is 0 Å². The summed E-state index contributed by atoms with van der Waals surface area (Å²) >= 11 is 0. The smallest absolute Gasteiger partial charge is 0.245 e. The highest BCUT2D eigenvalue weighted by Gasteiger charge is 2.35. The maximum atomic E-state index is 12.9. The van der Waals surface area contributed by atoms with Crippen molar-refractivity contribution >= 4 is 5.91 Å². The zero-order valence-electron chi connectivity index (χ0n) is 15.9. The fourth-order valence-electron chi connectivity index (χ4n) is 3.59. The van der Waals surface area contributed by atoms with Gasteiger partial charge in [0, 0.05) is 43.9 Å². The molecule has 0 bridgehead atoms. The summed E-state index contributed by atoms with van der Waals surface area (Å²) in [6.45, 7) is 6.06. The molecular formula is C18H26N6O2. The summed E-state index contributed by atoms with van der Waals surface area (Å²) in [5, 5.41) is 8.54. The predicted octanol–water partition coefficient (Wildman–Crippen LogP) is 1.36. The lowest BCUT2D eigenvalue weighted by atomic mass is 10.1. The Morgan fingerprint density at radius 2 is 2.00 bits per heavy atom. The minimum atomic E-state index is -0.0382. The van der Waals surface area contributed by atoms with E-state index in [1.54, 1.807) is 0 Å². The molecule has 1 aliphatic heterocycles. The molecule has 2 aromatic rings. The first-order valence-corrected chi connectivity index (χ1v) is 9.24. The third-order valence-electron chi connectivity index (χ3n) is 5.67. The minimum absolute atomic E-state index is 0.0382. The van der Waals surface area contributed by atoms with E-state index in [4.69, 9.17) is 4.52 Å². The lowest BCUT2D eigenvalue weighted by Crippen LogP contribution is -2.49. The Morgan fingerprint density at radius 3 is 2.65 bits per heavy atom. The van der Waals surface area contributed by atoms with Gasteiger partial charge >= 0.3 is 0 Å². The van der Waals surface area contributed by atoms with Gasteiger partial charge in [-0.3, -0.25) is 14.4 Å². The maximum Gasteiger partial charge on any atom is 0.245 e. The van der Waals surface area contributed by atoms with Crippen LogP contribution in [0.1, 0.15) is 53.5 Å². The predicted molar refractivity (Wildman–Crippen MR) is 94.6 cm³/mol. The molecule has 26 heavy (non-hydrogen) atoms. The third-order valence-corrected chi connectivity index (χ3v) is 5.67. The van der Waals surface area contributed by atoms with Crippen molar-refractivity contribution in [1.82, 2.24) is 29.7 Å². The van der Waals surface area contributed by atoms with Crippen molar-refractivity contribution in [2.75, 3.05) is 26.7 Å². The molecule has 0 radical (unpaired) electrons. The standard InChI is InChI=1S/C18H26N6O2/c1-11-14(12(2)23(4)20-11)9-16(25)24-8-7-22(3)15(10-24)18-19-17(21-26-18)13-5-6-13/h13,15H,5-10H2,1-4H3. The van der Waals surface area contributed by atoms with E-state index in [2.05, 4.69) is 20.1 Å². The second-order valence-electron chi connectivity index (χ2n) is 7.55. The first-order valence-electron chi connectivity index (χ1n) is 9.24. The number of amides is 1. The van der Waals surface area contributed by atoms with Gasteiger partial charge in [0.05, 0.1) is 12.1 Å². The molecule has 1 aliphatic carbocycles. The number of piperazine rings is 1. The molecule has 0 spiro atoms. The third kappa shape index (κ3) is 3.13. The van der Waals surface area contributed by atoms with Gasteiger partial charge in [-0.2, -0.15) is 10.1 Å². The molecule has 1 saturated carbocycles. The van der Waals surface area contributed by atoms with Gasteiger partial charge in [-0.25, -0.2) is 0 Å². The molecule has 1 unspecified atom stereocenters. The number of aryl methyl sites for hydroxylation is 2. The summed E-state index contributed by atoms with van der Waals surface area (Å²) in [5.74, 6) is 2.04. The van der Waals surface area contributed by atoms with Crippen LogP contribution in [0.2, 0.25) is 0 Å². The van der Waals surface area contributed by atoms with E-state index in [1.165, 1.54) is 0 Å². The van der Waals surface area contributed by atoms with Gasteiger partial charge in [0.2, 0.25) is 11.8 Å². The number of carbonyl (C=O) groups is 1. The van der Waals surface area contributed by atoms with Crippen molar-refractivity contribution < 1.29 is 9.32 Å². The molecule has 1 saturated heterocycles. The summed E-state index contributed by atoms with van der Waals surface area (Å²) in [6, 6.07) is -0.0382. The van der Waals surface area contributed by atoms with Crippen molar-refractivity contribution in [2.45, 2.75) is 45.1 Å². The van der Waals surface area contributed by atoms with E-state index in [0.717, 1.165) is 42.2 Å². The van der Waals surface area contributed by atoms with E-state index >= 15 is 0 Å². The summed E-state index contributed by atoms with van der Waals surface area (Å²) in [5.41, 5.74) is 3.00. The lowest BCUT2D eigenvalue weighted by Gasteiger charge is -2.37. The molecule has 3 heterocycles. The fraction of sp³-hybridized carbons (Fsp3) is 0.667. The zero-order chi connectivity index (χ0) is 18.4. The van der Waals surface area contributed by atoms with Crippen LogP contribution in [0.5, 0.6) is 0 Å². The Morgan fingerprint density at radius 1 is 1.23 bits per heavy atom.